The topological polar surface area (TPSA) is 12.0 Å². The van der Waals surface area contributed by atoms with Crippen LogP contribution in [0.2, 0.25) is 5.02 Å². The van der Waals surface area contributed by atoms with Crippen molar-refractivity contribution in [3.05, 3.63) is 62.6 Å². The fraction of sp³-hybridized carbons (Fsp3) is 0.0769. The molecule has 106 valence electrons. The van der Waals surface area contributed by atoms with Gasteiger partial charge in [0.05, 0.1) is 0 Å². The van der Waals surface area contributed by atoms with E-state index in [0.29, 0.717) is 15.1 Å². The van der Waals surface area contributed by atoms with Gasteiger partial charge >= 0.3 is 0 Å². The predicted molar refractivity (Wildman–Crippen MR) is 72.8 cm³/mol. The first-order valence-corrected chi connectivity index (χ1v) is 6.58. The molecule has 7 heteroatoms. The second kappa shape index (κ2) is 6.01. The van der Waals surface area contributed by atoms with Crippen LogP contribution in [0.4, 0.5) is 23.2 Å². The van der Waals surface area contributed by atoms with Gasteiger partial charge in [-0.05, 0) is 23.8 Å². The Hall–Kier alpha value is -1.27. The third-order valence-corrected chi connectivity index (χ3v) is 3.58. The van der Waals surface area contributed by atoms with Gasteiger partial charge in [-0.15, -0.1) is 0 Å². The first-order valence-electron chi connectivity index (χ1n) is 5.41. The maximum absolute atomic E-state index is 13.4. The van der Waals surface area contributed by atoms with E-state index in [1.54, 1.807) is 18.2 Å². The third-order valence-electron chi connectivity index (χ3n) is 2.58. The van der Waals surface area contributed by atoms with E-state index < -0.39 is 29.0 Å². The highest BCUT2D eigenvalue weighted by Gasteiger charge is 2.19. The Balaban J connectivity index is 2.30. The molecule has 1 nitrogen and oxygen atoms in total. The van der Waals surface area contributed by atoms with Crippen molar-refractivity contribution in [2.75, 3.05) is 5.32 Å². The molecule has 0 fully saturated rings. The fourth-order valence-electron chi connectivity index (χ4n) is 1.59. The lowest BCUT2D eigenvalue weighted by Crippen LogP contribution is -2.07. The van der Waals surface area contributed by atoms with E-state index in [0.717, 1.165) is 0 Å². The van der Waals surface area contributed by atoms with Gasteiger partial charge in [0.15, 0.2) is 23.3 Å². The van der Waals surface area contributed by atoms with E-state index in [-0.39, 0.29) is 12.6 Å². The van der Waals surface area contributed by atoms with Gasteiger partial charge < -0.3 is 5.32 Å². The average molecular weight is 369 g/mol. The van der Waals surface area contributed by atoms with Crippen molar-refractivity contribution in [1.82, 2.24) is 0 Å². The summed E-state index contributed by atoms with van der Waals surface area (Å²) in [7, 11) is 0. The summed E-state index contributed by atoms with van der Waals surface area (Å²) < 4.78 is 53.6. The van der Waals surface area contributed by atoms with Crippen LogP contribution in [0.15, 0.2) is 28.7 Å². The lowest BCUT2D eigenvalue weighted by atomic mass is 10.2. The molecule has 0 saturated carbocycles. The first kappa shape index (κ1) is 15.1. The van der Waals surface area contributed by atoms with Crippen molar-refractivity contribution in [2.45, 2.75) is 6.54 Å². The Morgan fingerprint density at radius 1 is 1.00 bits per heavy atom. The van der Waals surface area contributed by atoms with Crippen LogP contribution in [-0.2, 0) is 6.54 Å². The predicted octanol–water partition coefficient (Wildman–Crippen LogP) is 5.27. The molecule has 1 N–H and O–H groups in total. The van der Waals surface area contributed by atoms with Gasteiger partial charge in [-0.25, -0.2) is 17.6 Å². The van der Waals surface area contributed by atoms with Crippen molar-refractivity contribution >= 4 is 33.2 Å². The molecule has 0 atom stereocenters. The molecule has 0 aliphatic carbocycles. The van der Waals surface area contributed by atoms with Crippen LogP contribution in [0, 0.1) is 23.3 Å². The molecular formula is C13H7BrClF4N. The minimum Gasteiger partial charge on any atom is -0.376 e. The fourth-order valence-corrected chi connectivity index (χ4v) is 2.17. The van der Waals surface area contributed by atoms with Crippen LogP contribution in [0.5, 0.6) is 0 Å². The molecule has 0 bridgehead atoms. The molecule has 20 heavy (non-hydrogen) atoms. The standard InChI is InChI=1S/C13H7BrClF4N/c14-8-2-1-7(15)3-6(8)5-20-13-11(18)9(16)4-10(17)12(13)19/h1-4,20H,5H2. The Bertz CT molecular complexity index is 637. The monoisotopic (exact) mass is 367 g/mol. The molecule has 0 radical (unpaired) electrons. The molecule has 0 aliphatic heterocycles. The van der Waals surface area contributed by atoms with Crippen molar-refractivity contribution in [3.8, 4) is 0 Å². The van der Waals surface area contributed by atoms with Gasteiger partial charge in [0.2, 0.25) is 0 Å². The van der Waals surface area contributed by atoms with Gasteiger partial charge in [-0.3, -0.25) is 0 Å². The van der Waals surface area contributed by atoms with Crippen LogP contribution in [0.1, 0.15) is 5.56 Å². The third kappa shape index (κ3) is 3.07. The normalized spacial score (nSPS) is 10.7. The van der Waals surface area contributed by atoms with E-state index >= 15 is 0 Å². The summed E-state index contributed by atoms with van der Waals surface area (Å²) in [6.45, 7) is -0.0577. The largest absolute Gasteiger partial charge is 0.376 e. The Morgan fingerprint density at radius 3 is 2.20 bits per heavy atom. The molecule has 0 aliphatic rings. The SMILES string of the molecule is Fc1cc(F)c(F)c(NCc2cc(Cl)ccc2Br)c1F. The van der Waals surface area contributed by atoms with Crippen molar-refractivity contribution in [2.24, 2.45) is 0 Å². The molecule has 2 aromatic rings. The van der Waals surface area contributed by atoms with Gasteiger partial charge in [-0.2, -0.15) is 0 Å². The van der Waals surface area contributed by atoms with Gasteiger partial charge in [0.25, 0.3) is 0 Å². The molecule has 0 amide bonds. The van der Waals surface area contributed by atoms with Crippen LogP contribution >= 0.6 is 27.5 Å². The highest BCUT2D eigenvalue weighted by Crippen LogP contribution is 2.26. The Morgan fingerprint density at radius 2 is 1.60 bits per heavy atom. The zero-order valence-electron chi connectivity index (χ0n) is 9.78. The lowest BCUT2D eigenvalue weighted by Gasteiger charge is -2.11. The number of hydrogen-bond acceptors (Lipinski definition) is 1. The van der Waals surface area contributed by atoms with Crippen molar-refractivity contribution in [1.29, 1.82) is 0 Å². The van der Waals surface area contributed by atoms with Gasteiger partial charge in [0, 0.05) is 22.1 Å². The number of hydrogen-bond donors (Lipinski definition) is 1. The highest BCUT2D eigenvalue weighted by molar-refractivity contribution is 9.10. The van der Waals surface area contributed by atoms with Crippen LogP contribution < -0.4 is 5.32 Å². The smallest absolute Gasteiger partial charge is 0.185 e. The van der Waals surface area contributed by atoms with E-state index in [9.17, 15) is 17.6 Å². The zero-order chi connectivity index (χ0) is 14.9. The van der Waals surface area contributed by atoms with E-state index in [1.165, 1.54) is 0 Å². The molecular weight excluding hydrogens is 361 g/mol. The van der Waals surface area contributed by atoms with Crippen LogP contribution in [0.3, 0.4) is 0 Å². The summed E-state index contributed by atoms with van der Waals surface area (Å²) in [6, 6.07) is 4.99. The second-order valence-electron chi connectivity index (χ2n) is 3.93. The second-order valence-corrected chi connectivity index (χ2v) is 5.22. The molecule has 2 rings (SSSR count). The molecule has 0 heterocycles. The quantitative estimate of drug-likeness (QED) is 0.575. The van der Waals surface area contributed by atoms with Gasteiger partial charge in [0.1, 0.15) is 5.69 Å². The number of nitrogens with one attached hydrogen (secondary N) is 1. The minimum absolute atomic E-state index is 0.0577. The van der Waals surface area contributed by atoms with E-state index in [1.807, 2.05) is 0 Å². The summed E-state index contributed by atoms with van der Waals surface area (Å²) in [5.41, 5.74) is -0.268. The maximum atomic E-state index is 13.4. The number of rotatable bonds is 3. The summed E-state index contributed by atoms with van der Waals surface area (Å²) in [6.07, 6.45) is 0. The summed E-state index contributed by atoms with van der Waals surface area (Å²) >= 11 is 9.03. The van der Waals surface area contributed by atoms with Gasteiger partial charge in [-0.1, -0.05) is 27.5 Å². The summed E-state index contributed by atoms with van der Waals surface area (Å²) in [5, 5.41) is 2.76. The molecule has 0 saturated heterocycles. The number of halogens is 6. The molecule has 2 aromatic carbocycles. The first-order chi connectivity index (χ1) is 9.40. The highest BCUT2D eigenvalue weighted by atomic mass is 79.9. The zero-order valence-corrected chi connectivity index (χ0v) is 12.1. The minimum atomic E-state index is -1.47. The Labute approximate surface area is 125 Å². The summed E-state index contributed by atoms with van der Waals surface area (Å²) in [5.74, 6) is -5.86. The number of benzene rings is 2. The Kier molecular flexibility index (Phi) is 4.55. The summed E-state index contributed by atoms with van der Waals surface area (Å²) in [4.78, 5) is 0. The molecule has 0 spiro atoms. The average Bonchev–Trinajstić information content (AvgIpc) is 2.40. The molecule has 0 unspecified atom stereocenters. The van der Waals surface area contributed by atoms with Crippen LogP contribution in [-0.4, -0.2) is 0 Å². The van der Waals surface area contributed by atoms with Crippen molar-refractivity contribution < 1.29 is 17.6 Å². The lowest BCUT2D eigenvalue weighted by molar-refractivity contribution is 0.458. The maximum Gasteiger partial charge on any atom is 0.185 e. The van der Waals surface area contributed by atoms with Crippen molar-refractivity contribution in [3.63, 3.8) is 0 Å². The molecule has 0 aromatic heterocycles. The van der Waals surface area contributed by atoms with E-state index in [2.05, 4.69) is 21.2 Å². The van der Waals surface area contributed by atoms with E-state index in [4.69, 9.17) is 11.6 Å². The number of anilines is 1. The van der Waals surface area contributed by atoms with Crippen LogP contribution in [0.25, 0.3) is 0 Å².